The number of halogens is 3. The van der Waals surface area contributed by atoms with Gasteiger partial charge in [0.05, 0.1) is 12.1 Å². The zero-order chi connectivity index (χ0) is 17.1. The van der Waals surface area contributed by atoms with Crippen LogP contribution in [0.15, 0.2) is 11.3 Å². The summed E-state index contributed by atoms with van der Waals surface area (Å²) in [5, 5.41) is 4.30. The Morgan fingerprint density at radius 3 is 2.27 bits per heavy atom. The summed E-state index contributed by atoms with van der Waals surface area (Å²) < 4.78 is 44.7. The van der Waals surface area contributed by atoms with Crippen molar-refractivity contribution in [3.63, 3.8) is 0 Å². The van der Waals surface area contributed by atoms with E-state index in [1.54, 1.807) is 13.8 Å². The molecule has 0 bridgehead atoms. The van der Waals surface area contributed by atoms with Gasteiger partial charge in [-0.05, 0) is 41.5 Å². The first-order chi connectivity index (χ1) is 9.79. The maximum absolute atomic E-state index is 13.3. The maximum atomic E-state index is 13.3. The fourth-order valence-electron chi connectivity index (χ4n) is 3.04. The normalized spacial score (nSPS) is 30.2. The number of nitrogens with zero attached hydrogens (tertiary/aromatic N) is 1. The van der Waals surface area contributed by atoms with Gasteiger partial charge in [-0.15, -0.1) is 5.06 Å². The molecule has 0 aromatic rings. The first-order valence-electron chi connectivity index (χ1n) is 7.05. The Kier molecular flexibility index (Phi) is 3.58. The highest BCUT2D eigenvalue weighted by Gasteiger charge is 2.69. The van der Waals surface area contributed by atoms with Crippen LogP contribution in [0.1, 0.15) is 41.5 Å². The van der Waals surface area contributed by atoms with Crippen LogP contribution in [0.4, 0.5) is 13.2 Å². The Morgan fingerprint density at radius 1 is 1.27 bits per heavy atom. The molecule has 0 radical (unpaired) electrons. The second kappa shape index (κ2) is 4.61. The third kappa shape index (κ3) is 2.11. The first kappa shape index (κ1) is 17.1. The fraction of sp³-hybridized carbons (Fsp3) is 0.786. The topological polar surface area (TPSA) is 50.8 Å². The summed E-state index contributed by atoms with van der Waals surface area (Å²) in [6, 6.07) is 0. The molecule has 2 rings (SSSR count). The number of carbonyl (C=O) groups excluding carboxylic acids is 1. The number of carbonyl (C=O) groups is 1. The van der Waals surface area contributed by atoms with Crippen LogP contribution in [0.3, 0.4) is 0 Å². The van der Waals surface area contributed by atoms with Crippen LogP contribution in [0, 0.1) is 0 Å². The fourth-order valence-corrected chi connectivity index (χ4v) is 3.04. The number of allylic oxidation sites excluding steroid dienone is 1. The molecule has 0 aromatic heterocycles. The summed E-state index contributed by atoms with van der Waals surface area (Å²) in [6.45, 7) is 10.2. The number of hydrogen-bond acceptors (Lipinski definition) is 5. The van der Waals surface area contributed by atoms with Crippen molar-refractivity contribution in [2.45, 2.75) is 64.5 Å². The van der Waals surface area contributed by atoms with Gasteiger partial charge in [0.2, 0.25) is 5.76 Å². The van der Waals surface area contributed by atoms with E-state index < -0.39 is 40.2 Å². The smallest absolute Gasteiger partial charge is 0.452 e. The van der Waals surface area contributed by atoms with Crippen molar-refractivity contribution in [2.75, 3.05) is 6.61 Å². The summed E-state index contributed by atoms with van der Waals surface area (Å²) in [6.07, 6.45) is -4.78. The van der Waals surface area contributed by atoms with Gasteiger partial charge < -0.3 is 9.57 Å². The second-order valence-electron chi connectivity index (χ2n) is 6.69. The summed E-state index contributed by atoms with van der Waals surface area (Å²) >= 11 is 0. The number of nitrogens with one attached hydrogen (secondary N) is 1. The summed E-state index contributed by atoms with van der Waals surface area (Å²) in [4.78, 5) is 17.3. The first-order valence-corrected chi connectivity index (χ1v) is 7.05. The molecule has 2 aliphatic heterocycles. The lowest BCUT2D eigenvalue weighted by Crippen LogP contribution is -2.53. The zero-order valence-electron chi connectivity index (χ0n) is 13.5. The predicted molar refractivity (Wildman–Crippen MR) is 72.3 cm³/mol. The van der Waals surface area contributed by atoms with E-state index in [1.807, 2.05) is 13.8 Å². The minimum absolute atomic E-state index is 0.0175. The van der Waals surface area contributed by atoms with E-state index in [0.717, 1.165) is 0 Å². The highest BCUT2D eigenvalue weighted by atomic mass is 19.4. The van der Waals surface area contributed by atoms with E-state index in [1.165, 1.54) is 18.9 Å². The van der Waals surface area contributed by atoms with Gasteiger partial charge in [-0.1, -0.05) is 0 Å². The molecule has 5 nitrogen and oxygen atoms in total. The van der Waals surface area contributed by atoms with Crippen LogP contribution in [0.5, 0.6) is 0 Å². The maximum Gasteiger partial charge on any atom is 0.452 e. The Hall–Kier alpha value is -1.28. The Labute approximate surface area is 127 Å². The average molecular weight is 322 g/mol. The van der Waals surface area contributed by atoms with Crippen molar-refractivity contribution in [3.8, 4) is 0 Å². The zero-order valence-corrected chi connectivity index (χ0v) is 13.5. The molecule has 1 unspecified atom stereocenters. The third-order valence-corrected chi connectivity index (χ3v) is 4.63. The molecule has 0 aromatic carbocycles. The molecule has 0 amide bonds. The van der Waals surface area contributed by atoms with Crippen LogP contribution in [-0.2, 0) is 14.4 Å². The van der Waals surface area contributed by atoms with Crippen molar-refractivity contribution in [1.29, 1.82) is 0 Å². The highest BCUT2D eigenvalue weighted by molar-refractivity contribution is 5.92. The molecule has 1 saturated heterocycles. The summed E-state index contributed by atoms with van der Waals surface area (Å²) in [5.41, 5.74) is -3.33. The molecule has 126 valence electrons. The third-order valence-electron chi connectivity index (χ3n) is 4.63. The molecular weight excluding hydrogens is 301 g/mol. The molecular formula is C14H21F3N2O3. The number of hydrogen-bond donors (Lipinski definition) is 1. The number of rotatable bonds is 2. The van der Waals surface area contributed by atoms with Gasteiger partial charge in [0, 0.05) is 5.54 Å². The molecule has 2 heterocycles. The molecule has 22 heavy (non-hydrogen) atoms. The minimum atomic E-state index is -4.78. The summed E-state index contributed by atoms with van der Waals surface area (Å²) in [5.74, 6) is -2.34. The van der Waals surface area contributed by atoms with Crippen molar-refractivity contribution < 1.29 is 27.5 Å². The number of esters is 1. The minimum Gasteiger partial charge on any atom is -0.462 e. The largest absolute Gasteiger partial charge is 0.462 e. The average Bonchev–Trinajstić information content (AvgIpc) is 2.67. The molecule has 1 N–H and O–H groups in total. The SMILES string of the molecule is CCOC(=O)C1=C(C(F)(F)F)ON2C1(C)NC(C)(C)C2(C)C. The molecule has 0 aliphatic carbocycles. The van der Waals surface area contributed by atoms with Gasteiger partial charge in [0.1, 0.15) is 11.2 Å². The van der Waals surface area contributed by atoms with Crippen molar-refractivity contribution in [1.82, 2.24) is 10.4 Å². The van der Waals surface area contributed by atoms with Crippen LogP contribution in [-0.4, -0.2) is 40.6 Å². The van der Waals surface area contributed by atoms with Crippen LogP contribution >= 0.6 is 0 Å². The predicted octanol–water partition coefficient (Wildman–Crippen LogP) is 2.49. The van der Waals surface area contributed by atoms with E-state index in [4.69, 9.17) is 9.57 Å². The standard InChI is InChI=1S/C14H21F3N2O3/c1-7-21-10(20)8-9(14(15,16)17)22-19-12(4,5)11(2,3)18-13(8,19)6/h18H,7H2,1-6H3. The van der Waals surface area contributed by atoms with Crippen LogP contribution in [0.2, 0.25) is 0 Å². The van der Waals surface area contributed by atoms with E-state index in [9.17, 15) is 18.0 Å². The van der Waals surface area contributed by atoms with Crippen molar-refractivity contribution in [3.05, 3.63) is 11.3 Å². The Balaban J connectivity index is 2.61. The summed E-state index contributed by atoms with van der Waals surface area (Å²) in [7, 11) is 0. The lowest BCUT2D eigenvalue weighted by molar-refractivity contribution is -0.233. The van der Waals surface area contributed by atoms with Crippen molar-refractivity contribution in [2.24, 2.45) is 0 Å². The highest BCUT2D eigenvalue weighted by Crippen LogP contribution is 2.52. The lowest BCUT2D eigenvalue weighted by atomic mass is 9.84. The van der Waals surface area contributed by atoms with Gasteiger partial charge in [0.15, 0.2) is 0 Å². The second-order valence-corrected chi connectivity index (χ2v) is 6.69. The quantitative estimate of drug-likeness (QED) is 0.792. The van der Waals surface area contributed by atoms with E-state index in [0.29, 0.717) is 0 Å². The molecule has 0 saturated carbocycles. The van der Waals surface area contributed by atoms with Gasteiger partial charge >= 0.3 is 12.1 Å². The number of alkyl halides is 3. The van der Waals surface area contributed by atoms with Gasteiger partial charge in [0.25, 0.3) is 0 Å². The Morgan fingerprint density at radius 2 is 1.82 bits per heavy atom. The molecule has 0 spiro atoms. The van der Waals surface area contributed by atoms with Crippen molar-refractivity contribution >= 4 is 5.97 Å². The monoisotopic (exact) mass is 322 g/mol. The lowest BCUT2D eigenvalue weighted by Gasteiger charge is -2.38. The van der Waals surface area contributed by atoms with Crippen LogP contribution < -0.4 is 5.32 Å². The van der Waals surface area contributed by atoms with Gasteiger partial charge in [-0.2, -0.15) is 13.2 Å². The molecule has 8 heteroatoms. The van der Waals surface area contributed by atoms with E-state index in [-0.39, 0.29) is 6.61 Å². The Bertz CT molecular complexity index is 540. The molecule has 2 aliphatic rings. The molecule has 1 fully saturated rings. The number of ether oxygens (including phenoxy) is 1. The number of hydroxylamine groups is 2. The van der Waals surface area contributed by atoms with Gasteiger partial charge in [-0.3, -0.25) is 5.32 Å². The van der Waals surface area contributed by atoms with E-state index in [2.05, 4.69) is 5.32 Å². The molecule has 1 atom stereocenters. The van der Waals surface area contributed by atoms with E-state index >= 15 is 0 Å². The van der Waals surface area contributed by atoms with Gasteiger partial charge in [-0.25, -0.2) is 4.79 Å². The van der Waals surface area contributed by atoms with Crippen LogP contribution in [0.25, 0.3) is 0 Å². The number of fused-ring (bicyclic) bond motifs is 1.